The molecule has 0 spiro atoms. The molecule has 0 radical (unpaired) electrons. The maximum absolute atomic E-state index is 14.9. The van der Waals surface area contributed by atoms with Crippen LogP contribution in [0.15, 0.2) is 36.4 Å². The number of likely N-dealkylation sites (tertiary alicyclic amines) is 1. The van der Waals surface area contributed by atoms with Crippen molar-refractivity contribution in [3.8, 4) is 17.0 Å². The Bertz CT molecular complexity index is 1560. The lowest BCUT2D eigenvalue weighted by Gasteiger charge is -2.41. The van der Waals surface area contributed by atoms with Crippen molar-refractivity contribution >= 4 is 22.8 Å². The van der Waals surface area contributed by atoms with Crippen LogP contribution in [-0.4, -0.2) is 70.7 Å². The van der Waals surface area contributed by atoms with Gasteiger partial charge in [0.15, 0.2) is 0 Å². The molecule has 3 unspecified atom stereocenters. The maximum Gasteiger partial charge on any atom is 0.335 e. The SMILES string of the molecule is COc1ccc2c(c1)[C@@H]1C[C@@H]1C(C(=O)N1C3CCC1CN(C)C3)n1c-2c(C2CCCCC2)c2ccc(C(=O)O)cc21. The lowest BCUT2D eigenvalue weighted by atomic mass is 9.81. The van der Waals surface area contributed by atoms with Crippen molar-refractivity contribution in [2.45, 2.75) is 81.3 Å². The van der Waals surface area contributed by atoms with E-state index in [-0.39, 0.29) is 35.5 Å². The zero-order chi connectivity index (χ0) is 28.0. The largest absolute Gasteiger partial charge is 0.497 e. The van der Waals surface area contributed by atoms with E-state index in [1.807, 2.05) is 12.1 Å². The number of fused-ring (bicyclic) bond motifs is 9. The first-order chi connectivity index (χ1) is 19.9. The minimum absolute atomic E-state index is 0.192. The van der Waals surface area contributed by atoms with E-state index in [9.17, 15) is 14.7 Å². The van der Waals surface area contributed by atoms with Crippen LogP contribution in [0.3, 0.4) is 0 Å². The number of nitrogens with zero attached hydrogens (tertiary/aromatic N) is 3. The molecule has 41 heavy (non-hydrogen) atoms. The molecule has 3 aliphatic heterocycles. The second-order valence-electron chi connectivity index (χ2n) is 13.3. The molecule has 7 heteroatoms. The maximum atomic E-state index is 14.9. The van der Waals surface area contributed by atoms with Gasteiger partial charge in [-0.2, -0.15) is 0 Å². The van der Waals surface area contributed by atoms with Crippen LogP contribution in [0.5, 0.6) is 5.75 Å². The molecule has 4 heterocycles. The summed E-state index contributed by atoms with van der Waals surface area (Å²) in [6.07, 6.45) is 9.03. The van der Waals surface area contributed by atoms with Gasteiger partial charge in [-0.25, -0.2) is 4.79 Å². The van der Waals surface area contributed by atoms with Crippen molar-refractivity contribution < 1.29 is 19.4 Å². The molecule has 214 valence electrons. The Kier molecular flexibility index (Phi) is 5.79. The van der Waals surface area contributed by atoms with Crippen molar-refractivity contribution in [3.63, 3.8) is 0 Å². The third kappa shape index (κ3) is 3.80. The van der Waals surface area contributed by atoms with Gasteiger partial charge in [-0.05, 0) is 98.4 Å². The lowest BCUT2D eigenvalue weighted by molar-refractivity contribution is -0.141. The smallest absolute Gasteiger partial charge is 0.335 e. The van der Waals surface area contributed by atoms with E-state index in [4.69, 9.17) is 4.74 Å². The number of amides is 1. The molecule has 5 atom stereocenters. The highest BCUT2D eigenvalue weighted by molar-refractivity contribution is 6.00. The second-order valence-corrected chi connectivity index (χ2v) is 13.3. The summed E-state index contributed by atoms with van der Waals surface area (Å²) in [4.78, 5) is 31.8. The molecule has 2 aromatic carbocycles. The molecule has 2 saturated carbocycles. The zero-order valence-electron chi connectivity index (χ0n) is 24.0. The van der Waals surface area contributed by atoms with Gasteiger partial charge in [0.2, 0.25) is 5.91 Å². The molecular weight excluding hydrogens is 514 g/mol. The fourth-order valence-electron chi connectivity index (χ4n) is 9.06. The van der Waals surface area contributed by atoms with Gasteiger partial charge in [0.25, 0.3) is 0 Å². The highest BCUT2D eigenvalue weighted by Gasteiger charge is 2.55. The third-order valence-corrected chi connectivity index (χ3v) is 10.9. The number of hydrogen-bond acceptors (Lipinski definition) is 4. The Morgan fingerprint density at radius 2 is 1.71 bits per heavy atom. The predicted molar refractivity (Wildman–Crippen MR) is 158 cm³/mol. The molecule has 1 N–H and O–H groups in total. The molecular formula is C34H39N3O4. The summed E-state index contributed by atoms with van der Waals surface area (Å²) in [7, 11) is 3.89. The van der Waals surface area contributed by atoms with E-state index >= 15 is 0 Å². The number of piperazine rings is 1. The van der Waals surface area contributed by atoms with Gasteiger partial charge in [-0.3, -0.25) is 4.79 Å². The van der Waals surface area contributed by atoms with E-state index in [1.54, 1.807) is 13.2 Å². The molecule has 1 amide bonds. The molecule has 2 aliphatic carbocycles. The van der Waals surface area contributed by atoms with E-state index in [0.717, 1.165) is 67.5 Å². The van der Waals surface area contributed by atoms with Crippen LogP contribution in [-0.2, 0) is 4.79 Å². The number of rotatable bonds is 4. The second kappa shape index (κ2) is 9.35. The summed E-state index contributed by atoms with van der Waals surface area (Å²) < 4.78 is 8.02. The number of carboxylic acids is 1. The van der Waals surface area contributed by atoms with Crippen molar-refractivity contribution in [2.75, 3.05) is 27.2 Å². The van der Waals surface area contributed by atoms with Gasteiger partial charge in [0, 0.05) is 36.1 Å². The summed E-state index contributed by atoms with van der Waals surface area (Å²) in [5, 5.41) is 11.1. The van der Waals surface area contributed by atoms with Crippen LogP contribution in [0.2, 0.25) is 0 Å². The normalized spacial score (nSPS) is 29.0. The summed E-state index contributed by atoms with van der Waals surface area (Å²) in [5.74, 6) is 1.06. The van der Waals surface area contributed by atoms with Crippen LogP contribution in [0.4, 0.5) is 0 Å². The fourth-order valence-corrected chi connectivity index (χ4v) is 9.06. The monoisotopic (exact) mass is 553 g/mol. The van der Waals surface area contributed by atoms with E-state index in [2.05, 4.69) is 39.6 Å². The first kappa shape index (κ1) is 25.4. The number of carbonyl (C=O) groups is 2. The minimum Gasteiger partial charge on any atom is -0.497 e. The Balaban J connectivity index is 1.40. The predicted octanol–water partition coefficient (Wildman–Crippen LogP) is 6.03. The van der Waals surface area contributed by atoms with Crippen LogP contribution < -0.4 is 4.74 Å². The number of aromatic nitrogens is 1. The van der Waals surface area contributed by atoms with Gasteiger partial charge < -0.3 is 24.2 Å². The Labute approximate surface area is 241 Å². The number of carboxylic acid groups (broad SMARTS) is 1. The molecule has 2 saturated heterocycles. The minimum atomic E-state index is -0.926. The summed E-state index contributed by atoms with van der Waals surface area (Å²) in [6, 6.07) is 12.3. The standard InChI is InChI=1S/C34H39N3O4/c1-35-17-21-9-10-22(18-35)36(21)33(38)32-28-16-27(28)26-15-23(41-2)11-13-24(26)31-30(19-6-4-3-5-7-19)25-12-8-20(34(39)40)14-29(25)37(31)32/h8,11-15,19,21-22,27-28,32H,3-7,9-10,16-18H2,1-2H3,(H,39,40)/t21?,22?,27-,28-,32?/m0/s1. The molecule has 8 rings (SSSR count). The topological polar surface area (TPSA) is 75.0 Å². The number of likely N-dealkylation sites (N-methyl/N-ethyl adjacent to an activating group) is 1. The number of ether oxygens (including phenoxy) is 1. The Hall–Kier alpha value is -3.32. The molecule has 3 aromatic rings. The van der Waals surface area contributed by atoms with Crippen molar-refractivity contribution in [1.29, 1.82) is 0 Å². The van der Waals surface area contributed by atoms with Crippen molar-refractivity contribution in [2.24, 2.45) is 5.92 Å². The first-order valence-corrected chi connectivity index (χ1v) is 15.5. The van der Waals surface area contributed by atoms with E-state index in [1.165, 1.54) is 36.0 Å². The number of carbonyl (C=O) groups excluding carboxylic acids is 1. The fraction of sp³-hybridized carbons (Fsp3) is 0.529. The average Bonchev–Trinajstić information content (AvgIpc) is 3.64. The molecule has 1 aromatic heterocycles. The zero-order valence-corrected chi connectivity index (χ0v) is 24.0. The number of hydrogen-bond donors (Lipinski definition) is 1. The summed E-state index contributed by atoms with van der Waals surface area (Å²) >= 11 is 0. The van der Waals surface area contributed by atoms with Crippen molar-refractivity contribution in [3.05, 3.63) is 53.1 Å². The van der Waals surface area contributed by atoms with Gasteiger partial charge in [0.05, 0.1) is 23.9 Å². The van der Waals surface area contributed by atoms with Gasteiger partial charge >= 0.3 is 5.97 Å². The Morgan fingerprint density at radius 3 is 2.41 bits per heavy atom. The Morgan fingerprint density at radius 1 is 0.951 bits per heavy atom. The molecule has 7 nitrogen and oxygen atoms in total. The van der Waals surface area contributed by atoms with Crippen LogP contribution in [0.25, 0.3) is 22.2 Å². The highest BCUT2D eigenvalue weighted by Crippen LogP contribution is 2.62. The van der Waals surface area contributed by atoms with Gasteiger partial charge in [0.1, 0.15) is 11.8 Å². The molecule has 5 aliphatic rings. The van der Waals surface area contributed by atoms with Gasteiger partial charge in [-0.15, -0.1) is 0 Å². The first-order valence-electron chi connectivity index (χ1n) is 15.5. The highest BCUT2D eigenvalue weighted by atomic mass is 16.5. The van der Waals surface area contributed by atoms with Crippen LogP contribution in [0, 0.1) is 5.92 Å². The quantitative estimate of drug-likeness (QED) is 0.427. The van der Waals surface area contributed by atoms with Crippen LogP contribution >= 0.6 is 0 Å². The number of methoxy groups -OCH3 is 1. The van der Waals surface area contributed by atoms with Gasteiger partial charge in [-0.1, -0.05) is 25.3 Å². The summed E-state index contributed by atoms with van der Waals surface area (Å²) in [5.41, 5.74) is 6.15. The van der Waals surface area contributed by atoms with Crippen LogP contribution in [0.1, 0.15) is 90.7 Å². The van der Waals surface area contributed by atoms with E-state index in [0.29, 0.717) is 11.8 Å². The molecule has 2 bridgehead atoms. The average molecular weight is 554 g/mol. The van der Waals surface area contributed by atoms with Crippen molar-refractivity contribution in [1.82, 2.24) is 14.4 Å². The third-order valence-electron chi connectivity index (χ3n) is 10.9. The van der Waals surface area contributed by atoms with E-state index < -0.39 is 5.97 Å². The lowest BCUT2D eigenvalue weighted by Crippen LogP contribution is -2.56. The summed E-state index contributed by atoms with van der Waals surface area (Å²) in [6.45, 7) is 1.85. The molecule has 4 fully saturated rings. The number of benzene rings is 2. The number of aromatic carboxylic acids is 1.